The minimum Gasteiger partial charge on any atom is -0.376 e. The lowest BCUT2D eigenvalue weighted by Crippen LogP contribution is -2.25. The molecule has 0 saturated heterocycles. The van der Waals surface area contributed by atoms with E-state index in [1.165, 1.54) is 0 Å². The van der Waals surface area contributed by atoms with Crippen LogP contribution in [0, 0.1) is 6.92 Å². The first-order chi connectivity index (χ1) is 11.6. The number of hydrogen-bond acceptors (Lipinski definition) is 3. The van der Waals surface area contributed by atoms with E-state index < -0.39 is 0 Å². The SMILES string of the molecule is Cc1cccc(NCC(=O)N/N=C\c2cn(C)c3ccccc23)c1. The highest BCUT2D eigenvalue weighted by Gasteiger charge is 2.04. The summed E-state index contributed by atoms with van der Waals surface area (Å²) < 4.78 is 2.04. The van der Waals surface area contributed by atoms with Gasteiger partial charge in [0.1, 0.15) is 0 Å². The lowest BCUT2D eigenvalue weighted by atomic mass is 10.2. The summed E-state index contributed by atoms with van der Waals surface area (Å²) in [5, 5.41) is 8.24. The fraction of sp³-hybridized carbons (Fsp3) is 0.158. The zero-order valence-electron chi connectivity index (χ0n) is 13.8. The molecule has 1 aromatic heterocycles. The Labute approximate surface area is 141 Å². The number of benzene rings is 2. The molecule has 0 aliphatic carbocycles. The van der Waals surface area contributed by atoms with E-state index >= 15 is 0 Å². The van der Waals surface area contributed by atoms with E-state index in [0.717, 1.165) is 27.7 Å². The van der Waals surface area contributed by atoms with E-state index in [1.54, 1.807) is 6.21 Å². The summed E-state index contributed by atoms with van der Waals surface area (Å²) in [5.41, 5.74) is 6.72. The van der Waals surface area contributed by atoms with Gasteiger partial charge in [-0.25, -0.2) is 5.43 Å². The van der Waals surface area contributed by atoms with E-state index in [1.807, 2.05) is 67.2 Å². The molecular formula is C19H20N4O. The lowest BCUT2D eigenvalue weighted by Gasteiger charge is -2.05. The number of nitrogens with zero attached hydrogens (tertiary/aromatic N) is 2. The van der Waals surface area contributed by atoms with Crippen molar-refractivity contribution in [3.63, 3.8) is 0 Å². The van der Waals surface area contributed by atoms with Crippen LogP contribution >= 0.6 is 0 Å². The number of aryl methyl sites for hydroxylation is 2. The van der Waals surface area contributed by atoms with Crippen LogP contribution in [0.25, 0.3) is 10.9 Å². The Hall–Kier alpha value is -3.08. The molecule has 0 aliphatic rings. The average Bonchev–Trinajstić information content (AvgIpc) is 2.90. The van der Waals surface area contributed by atoms with Crippen LogP contribution in [0.5, 0.6) is 0 Å². The first-order valence-corrected chi connectivity index (χ1v) is 7.80. The number of amides is 1. The van der Waals surface area contributed by atoms with Gasteiger partial charge in [-0.2, -0.15) is 5.10 Å². The maximum Gasteiger partial charge on any atom is 0.259 e. The number of hydrazone groups is 1. The average molecular weight is 320 g/mol. The second-order valence-corrected chi connectivity index (χ2v) is 5.73. The van der Waals surface area contributed by atoms with Gasteiger partial charge in [-0.05, 0) is 30.7 Å². The molecule has 2 N–H and O–H groups in total. The van der Waals surface area contributed by atoms with Crippen LogP contribution in [-0.2, 0) is 11.8 Å². The Balaban J connectivity index is 1.58. The van der Waals surface area contributed by atoms with E-state index in [2.05, 4.69) is 21.9 Å². The van der Waals surface area contributed by atoms with Crippen molar-refractivity contribution in [1.82, 2.24) is 9.99 Å². The Kier molecular flexibility index (Phi) is 4.61. The van der Waals surface area contributed by atoms with Gasteiger partial charge < -0.3 is 9.88 Å². The van der Waals surface area contributed by atoms with Crippen molar-refractivity contribution in [1.29, 1.82) is 0 Å². The number of aromatic nitrogens is 1. The molecule has 24 heavy (non-hydrogen) atoms. The summed E-state index contributed by atoms with van der Waals surface area (Å²) in [6, 6.07) is 16.0. The molecule has 3 rings (SSSR count). The summed E-state index contributed by atoms with van der Waals surface area (Å²) in [7, 11) is 1.99. The molecule has 0 radical (unpaired) electrons. The number of para-hydroxylation sites is 1. The fourth-order valence-corrected chi connectivity index (χ4v) is 2.63. The largest absolute Gasteiger partial charge is 0.376 e. The summed E-state index contributed by atoms with van der Waals surface area (Å²) >= 11 is 0. The van der Waals surface area contributed by atoms with Crippen LogP contribution < -0.4 is 10.7 Å². The molecule has 2 aromatic carbocycles. The maximum atomic E-state index is 11.9. The number of anilines is 1. The van der Waals surface area contributed by atoms with E-state index in [-0.39, 0.29) is 12.5 Å². The molecular weight excluding hydrogens is 300 g/mol. The second-order valence-electron chi connectivity index (χ2n) is 5.73. The van der Waals surface area contributed by atoms with Crippen molar-refractivity contribution >= 4 is 28.7 Å². The zero-order chi connectivity index (χ0) is 16.9. The highest BCUT2D eigenvalue weighted by Crippen LogP contribution is 2.18. The predicted octanol–water partition coefficient (Wildman–Crippen LogP) is 3.05. The fourth-order valence-electron chi connectivity index (χ4n) is 2.63. The number of hydrogen-bond donors (Lipinski definition) is 2. The topological polar surface area (TPSA) is 58.4 Å². The third-order valence-electron chi connectivity index (χ3n) is 3.79. The highest BCUT2D eigenvalue weighted by atomic mass is 16.2. The number of rotatable bonds is 5. The third-order valence-corrected chi connectivity index (χ3v) is 3.79. The van der Waals surface area contributed by atoms with Crippen molar-refractivity contribution in [3.8, 4) is 0 Å². The van der Waals surface area contributed by atoms with Gasteiger partial charge in [-0.3, -0.25) is 4.79 Å². The molecule has 122 valence electrons. The number of nitrogens with one attached hydrogen (secondary N) is 2. The smallest absolute Gasteiger partial charge is 0.259 e. The van der Waals surface area contributed by atoms with Crippen LogP contribution in [0.4, 0.5) is 5.69 Å². The monoisotopic (exact) mass is 320 g/mol. The van der Waals surface area contributed by atoms with Crippen LogP contribution in [0.3, 0.4) is 0 Å². The summed E-state index contributed by atoms with van der Waals surface area (Å²) in [6.07, 6.45) is 3.66. The van der Waals surface area contributed by atoms with Crippen LogP contribution in [0.15, 0.2) is 59.8 Å². The highest BCUT2D eigenvalue weighted by molar-refractivity contribution is 5.99. The summed E-state index contributed by atoms with van der Waals surface area (Å²) in [5.74, 6) is -0.187. The van der Waals surface area contributed by atoms with Crippen molar-refractivity contribution < 1.29 is 4.79 Å². The van der Waals surface area contributed by atoms with Gasteiger partial charge in [0, 0.05) is 35.4 Å². The Morgan fingerprint density at radius 3 is 2.88 bits per heavy atom. The summed E-state index contributed by atoms with van der Waals surface area (Å²) in [6.45, 7) is 2.19. The quantitative estimate of drug-likeness (QED) is 0.561. The van der Waals surface area contributed by atoms with Crippen molar-refractivity contribution in [2.24, 2.45) is 12.1 Å². The van der Waals surface area contributed by atoms with E-state index in [9.17, 15) is 4.79 Å². The Morgan fingerprint density at radius 1 is 1.21 bits per heavy atom. The molecule has 3 aromatic rings. The van der Waals surface area contributed by atoms with Gasteiger partial charge in [-0.1, -0.05) is 30.3 Å². The van der Waals surface area contributed by atoms with E-state index in [0.29, 0.717) is 0 Å². The third kappa shape index (κ3) is 3.63. The maximum absolute atomic E-state index is 11.9. The molecule has 0 saturated carbocycles. The van der Waals surface area contributed by atoms with Crippen molar-refractivity contribution in [2.75, 3.05) is 11.9 Å². The molecule has 1 heterocycles. The van der Waals surface area contributed by atoms with Crippen molar-refractivity contribution in [3.05, 3.63) is 65.9 Å². The van der Waals surface area contributed by atoms with Crippen molar-refractivity contribution in [2.45, 2.75) is 6.92 Å². The summed E-state index contributed by atoms with van der Waals surface area (Å²) in [4.78, 5) is 11.9. The predicted molar refractivity (Wildman–Crippen MR) is 98.3 cm³/mol. The van der Waals surface area contributed by atoms with Gasteiger partial charge in [0.2, 0.25) is 0 Å². The molecule has 0 spiro atoms. The minimum atomic E-state index is -0.187. The lowest BCUT2D eigenvalue weighted by molar-refractivity contribution is -0.119. The Bertz CT molecular complexity index is 895. The molecule has 0 unspecified atom stereocenters. The van der Waals surface area contributed by atoms with Gasteiger partial charge in [0.15, 0.2) is 0 Å². The molecule has 0 atom stereocenters. The first-order valence-electron chi connectivity index (χ1n) is 7.80. The molecule has 1 amide bonds. The first kappa shape index (κ1) is 15.8. The van der Waals surface area contributed by atoms with E-state index in [4.69, 9.17) is 0 Å². The molecule has 5 heteroatoms. The van der Waals surface area contributed by atoms with Gasteiger partial charge >= 0.3 is 0 Å². The molecule has 0 bridgehead atoms. The minimum absolute atomic E-state index is 0.177. The number of carbonyl (C=O) groups excluding carboxylic acids is 1. The standard InChI is InChI=1S/C19H20N4O/c1-14-6-5-7-16(10-14)20-12-19(24)22-21-11-15-13-23(2)18-9-4-3-8-17(15)18/h3-11,13,20H,12H2,1-2H3,(H,22,24)/b21-11-. The van der Waals surface area contributed by atoms with Gasteiger partial charge in [0.25, 0.3) is 5.91 Å². The van der Waals surface area contributed by atoms with Crippen LogP contribution in [-0.4, -0.2) is 23.2 Å². The number of fused-ring (bicyclic) bond motifs is 1. The number of carbonyl (C=O) groups is 1. The zero-order valence-corrected chi connectivity index (χ0v) is 13.8. The van der Waals surface area contributed by atoms with Crippen LogP contribution in [0.2, 0.25) is 0 Å². The Morgan fingerprint density at radius 2 is 2.04 bits per heavy atom. The van der Waals surface area contributed by atoms with Gasteiger partial charge in [-0.15, -0.1) is 0 Å². The van der Waals surface area contributed by atoms with Gasteiger partial charge in [0.05, 0.1) is 12.8 Å². The second kappa shape index (κ2) is 7.00. The molecule has 5 nitrogen and oxygen atoms in total. The molecule has 0 fully saturated rings. The van der Waals surface area contributed by atoms with Crippen LogP contribution in [0.1, 0.15) is 11.1 Å². The molecule has 0 aliphatic heterocycles. The normalized spacial score (nSPS) is 11.1.